The first-order valence-corrected chi connectivity index (χ1v) is 5.02. The van der Waals surface area contributed by atoms with Crippen LogP contribution in [0, 0.1) is 11.6 Å². The first-order valence-electron chi connectivity index (χ1n) is 5.02. The lowest BCUT2D eigenvalue weighted by molar-refractivity contribution is -0.121. The van der Waals surface area contributed by atoms with Gasteiger partial charge in [0.1, 0.15) is 18.2 Å². The molecule has 0 spiro atoms. The molecule has 1 heterocycles. The summed E-state index contributed by atoms with van der Waals surface area (Å²) in [6.45, 7) is -0.533. The van der Waals surface area contributed by atoms with Crippen LogP contribution < -0.4 is 10.2 Å². The van der Waals surface area contributed by atoms with E-state index in [1.54, 1.807) is 0 Å². The second-order valence-corrected chi connectivity index (χ2v) is 3.65. The summed E-state index contributed by atoms with van der Waals surface area (Å²) in [4.78, 5) is 34.9. The van der Waals surface area contributed by atoms with Crippen molar-refractivity contribution in [2.24, 2.45) is 0 Å². The third-order valence-electron chi connectivity index (χ3n) is 2.59. The second-order valence-electron chi connectivity index (χ2n) is 3.65. The minimum atomic E-state index is -1.15. The van der Waals surface area contributed by atoms with E-state index < -0.39 is 47.0 Å². The number of hydrogen-bond acceptors (Lipinski definition) is 3. The summed E-state index contributed by atoms with van der Waals surface area (Å²) >= 11 is 0. The topological polar surface area (TPSA) is 66.5 Å². The number of likely N-dealkylation sites (N-methyl/N-ethyl adjacent to an activating group) is 1. The number of rotatable bonds is 2. The van der Waals surface area contributed by atoms with Crippen LogP contribution in [-0.4, -0.2) is 31.2 Å². The van der Waals surface area contributed by atoms with Crippen LogP contribution in [0.25, 0.3) is 0 Å². The summed E-state index contributed by atoms with van der Waals surface area (Å²) in [6, 6.07) is 1.57. The van der Waals surface area contributed by atoms with Crippen molar-refractivity contribution in [1.82, 2.24) is 5.32 Å². The quantitative estimate of drug-likeness (QED) is 0.769. The van der Waals surface area contributed by atoms with Gasteiger partial charge in [-0.2, -0.15) is 0 Å². The number of amides is 2. The Bertz CT molecular complexity index is 572. The highest BCUT2D eigenvalue weighted by Crippen LogP contribution is 2.33. The monoisotopic (exact) mass is 254 g/mol. The molecule has 0 aromatic heterocycles. The van der Waals surface area contributed by atoms with Crippen LogP contribution in [0.15, 0.2) is 12.1 Å². The molecular weight excluding hydrogens is 246 g/mol. The number of benzene rings is 1. The number of nitrogens with zero attached hydrogens (tertiary/aromatic N) is 1. The third-order valence-corrected chi connectivity index (χ3v) is 2.59. The van der Waals surface area contributed by atoms with Crippen LogP contribution in [0.4, 0.5) is 14.5 Å². The van der Waals surface area contributed by atoms with Crippen molar-refractivity contribution < 1.29 is 23.2 Å². The molecule has 0 unspecified atom stereocenters. The molecule has 7 heteroatoms. The SMILES string of the molecule is CNC(=O)CN1C(=O)C(=O)c2c(F)ccc(F)c21. The molecular formula is C11H8F2N2O3. The molecule has 2 amide bonds. The Hall–Kier alpha value is -2.31. The number of Topliss-reactive ketones (excluding diaryl/α,β-unsaturated/α-hetero) is 1. The number of carbonyl (C=O) groups excluding carboxylic acids is 3. The van der Waals surface area contributed by atoms with Gasteiger partial charge < -0.3 is 5.32 Å². The van der Waals surface area contributed by atoms with Crippen LogP contribution in [0.1, 0.15) is 10.4 Å². The molecule has 0 saturated carbocycles. The average molecular weight is 254 g/mol. The van der Waals surface area contributed by atoms with Crippen LogP contribution in [0.2, 0.25) is 0 Å². The number of halogens is 2. The van der Waals surface area contributed by atoms with Gasteiger partial charge in [-0.05, 0) is 12.1 Å². The lowest BCUT2D eigenvalue weighted by Gasteiger charge is -2.15. The van der Waals surface area contributed by atoms with Gasteiger partial charge >= 0.3 is 0 Å². The second kappa shape index (κ2) is 4.17. The molecule has 1 aromatic carbocycles. The number of fused-ring (bicyclic) bond motifs is 1. The fourth-order valence-corrected chi connectivity index (χ4v) is 1.73. The van der Waals surface area contributed by atoms with Crippen molar-refractivity contribution >= 4 is 23.3 Å². The first kappa shape index (κ1) is 12.2. The van der Waals surface area contributed by atoms with Gasteiger partial charge in [-0.15, -0.1) is 0 Å². The molecule has 0 fully saturated rings. The molecule has 0 saturated heterocycles. The summed E-state index contributed by atoms with van der Waals surface area (Å²) in [5, 5.41) is 2.23. The molecule has 1 aliphatic rings. The zero-order valence-corrected chi connectivity index (χ0v) is 9.29. The number of nitrogens with one attached hydrogen (secondary N) is 1. The third kappa shape index (κ3) is 1.64. The fourth-order valence-electron chi connectivity index (χ4n) is 1.73. The van der Waals surface area contributed by atoms with Crippen LogP contribution in [0.5, 0.6) is 0 Å². The van der Waals surface area contributed by atoms with Crippen molar-refractivity contribution in [3.8, 4) is 0 Å². The summed E-state index contributed by atoms with van der Waals surface area (Å²) < 4.78 is 27.0. The molecule has 1 aliphatic heterocycles. The molecule has 0 bridgehead atoms. The minimum absolute atomic E-state index is 0.478. The lowest BCUT2D eigenvalue weighted by Crippen LogP contribution is -2.39. The normalized spacial score (nSPS) is 13.8. The molecule has 5 nitrogen and oxygen atoms in total. The Labute approximate surface area is 100 Å². The summed E-state index contributed by atoms with van der Waals surface area (Å²) in [7, 11) is 1.33. The summed E-state index contributed by atoms with van der Waals surface area (Å²) in [5.41, 5.74) is -1.10. The number of hydrogen-bond donors (Lipinski definition) is 1. The highest BCUT2D eigenvalue weighted by molar-refractivity contribution is 6.52. The van der Waals surface area contributed by atoms with Crippen molar-refractivity contribution in [3.05, 3.63) is 29.3 Å². The van der Waals surface area contributed by atoms with E-state index in [0.717, 1.165) is 12.1 Å². The maximum Gasteiger partial charge on any atom is 0.300 e. The van der Waals surface area contributed by atoms with E-state index in [2.05, 4.69) is 5.32 Å². The maximum atomic E-state index is 13.6. The minimum Gasteiger partial charge on any atom is -0.358 e. The van der Waals surface area contributed by atoms with Gasteiger partial charge in [0.2, 0.25) is 5.91 Å². The molecule has 0 atom stereocenters. The van der Waals surface area contributed by atoms with Crippen molar-refractivity contribution in [1.29, 1.82) is 0 Å². The van der Waals surface area contributed by atoms with Gasteiger partial charge in [-0.1, -0.05) is 0 Å². The summed E-state index contributed by atoms with van der Waals surface area (Å²) in [6.07, 6.45) is 0. The molecule has 0 radical (unpaired) electrons. The van der Waals surface area contributed by atoms with Gasteiger partial charge in [0.25, 0.3) is 11.7 Å². The predicted molar refractivity (Wildman–Crippen MR) is 57.1 cm³/mol. The van der Waals surface area contributed by atoms with E-state index in [1.807, 2.05) is 0 Å². The lowest BCUT2D eigenvalue weighted by atomic mass is 10.1. The predicted octanol–water partition coefficient (Wildman–Crippen LogP) is 0.240. The number of carbonyl (C=O) groups is 3. The fraction of sp³-hybridized carbons (Fsp3) is 0.182. The molecule has 18 heavy (non-hydrogen) atoms. The van der Waals surface area contributed by atoms with E-state index in [-0.39, 0.29) is 0 Å². The molecule has 1 aromatic rings. The van der Waals surface area contributed by atoms with E-state index >= 15 is 0 Å². The van der Waals surface area contributed by atoms with E-state index in [4.69, 9.17) is 0 Å². The number of ketones is 1. The number of anilines is 1. The van der Waals surface area contributed by atoms with E-state index in [9.17, 15) is 23.2 Å². The van der Waals surface area contributed by atoms with Gasteiger partial charge in [0, 0.05) is 7.05 Å². The maximum absolute atomic E-state index is 13.6. The van der Waals surface area contributed by atoms with Crippen LogP contribution >= 0.6 is 0 Å². The Morgan fingerprint density at radius 2 is 1.89 bits per heavy atom. The smallest absolute Gasteiger partial charge is 0.300 e. The van der Waals surface area contributed by atoms with Crippen molar-refractivity contribution in [2.75, 3.05) is 18.5 Å². The molecule has 0 aliphatic carbocycles. The summed E-state index contributed by atoms with van der Waals surface area (Å²) in [5.74, 6) is -4.75. The van der Waals surface area contributed by atoms with Gasteiger partial charge in [-0.25, -0.2) is 8.78 Å². The van der Waals surface area contributed by atoms with Crippen LogP contribution in [-0.2, 0) is 9.59 Å². The Morgan fingerprint density at radius 1 is 1.28 bits per heavy atom. The van der Waals surface area contributed by atoms with Crippen molar-refractivity contribution in [2.45, 2.75) is 0 Å². The zero-order chi connectivity index (χ0) is 13.4. The molecule has 2 rings (SSSR count). The highest BCUT2D eigenvalue weighted by atomic mass is 19.1. The van der Waals surface area contributed by atoms with Gasteiger partial charge in [-0.3, -0.25) is 19.3 Å². The largest absolute Gasteiger partial charge is 0.358 e. The Kier molecular flexibility index (Phi) is 2.82. The van der Waals surface area contributed by atoms with Crippen LogP contribution in [0.3, 0.4) is 0 Å². The Morgan fingerprint density at radius 3 is 2.50 bits per heavy atom. The Balaban J connectivity index is 2.55. The zero-order valence-electron chi connectivity index (χ0n) is 9.29. The molecule has 94 valence electrons. The first-order chi connectivity index (χ1) is 8.47. The van der Waals surface area contributed by atoms with Crippen molar-refractivity contribution in [3.63, 3.8) is 0 Å². The van der Waals surface area contributed by atoms with E-state index in [1.165, 1.54) is 7.05 Å². The van der Waals surface area contributed by atoms with E-state index in [0.29, 0.717) is 4.90 Å². The standard InChI is InChI=1S/C11H8F2N2O3/c1-14-7(16)4-15-9-6(13)3-2-5(12)8(9)10(17)11(15)18/h2-3H,4H2,1H3,(H,14,16). The van der Waals surface area contributed by atoms with Gasteiger partial charge in [0.05, 0.1) is 11.3 Å². The highest BCUT2D eigenvalue weighted by Gasteiger charge is 2.41. The molecule has 1 N–H and O–H groups in total. The van der Waals surface area contributed by atoms with Gasteiger partial charge in [0.15, 0.2) is 0 Å². The average Bonchev–Trinajstić information content (AvgIpc) is 2.60.